The summed E-state index contributed by atoms with van der Waals surface area (Å²) in [5, 5.41) is 7.08. The number of nitrogens with one attached hydrogen (secondary N) is 1. The maximum atomic E-state index is 12.7. The summed E-state index contributed by atoms with van der Waals surface area (Å²) in [6.45, 7) is 1.31. The first kappa shape index (κ1) is 18.8. The number of thiazole rings is 1. The molecule has 1 N–H and O–H groups in total. The standard InChI is InChI=1S/C21H17N3O4S2/c25-19(4-2-13-1-3-16-17(9-13)28-12-27-16)24-7-5-15-18(10-24)30-21(22-15)23-20(26)14-6-8-29-11-14/h1-4,6,8-9,11H,5,7,10,12H2,(H,22,23,26)/b4-2+. The Balaban J connectivity index is 1.23. The van der Waals surface area contributed by atoms with Gasteiger partial charge in [-0.2, -0.15) is 11.3 Å². The van der Waals surface area contributed by atoms with Gasteiger partial charge in [-0.3, -0.25) is 14.9 Å². The summed E-state index contributed by atoms with van der Waals surface area (Å²) in [4.78, 5) is 32.2. The molecular weight excluding hydrogens is 422 g/mol. The van der Waals surface area contributed by atoms with Crippen LogP contribution in [0.3, 0.4) is 0 Å². The molecule has 0 atom stereocenters. The number of ether oxygens (including phenoxy) is 2. The molecule has 4 heterocycles. The van der Waals surface area contributed by atoms with Gasteiger partial charge >= 0.3 is 0 Å². The van der Waals surface area contributed by atoms with Crippen molar-refractivity contribution in [3.05, 3.63) is 62.8 Å². The summed E-state index contributed by atoms with van der Waals surface area (Å²) in [6, 6.07) is 7.35. The molecule has 3 aromatic rings. The van der Waals surface area contributed by atoms with Gasteiger partial charge < -0.3 is 14.4 Å². The van der Waals surface area contributed by atoms with Crippen molar-refractivity contribution in [2.24, 2.45) is 0 Å². The molecule has 0 unspecified atom stereocenters. The number of carbonyl (C=O) groups excluding carboxylic acids is 2. The van der Waals surface area contributed by atoms with Crippen molar-refractivity contribution in [1.29, 1.82) is 0 Å². The average molecular weight is 440 g/mol. The predicted molar refractivity (Wildman–Crippen MR) is 115 cm³/mol. The highest BCUT2D eigenvalue weighted by Gasteiger charge is 2.24. The molecule has 0 saturated carbocycles. The fraction of sp³-hybridized carbons (Fsp3) is 0.190. The Morgan fingerprint density at radius 3 is 2.97 bits per heavy atom. The second-order valence-corrected chi connectivity index (χ2v) is 8.67. The van der Waals surface area contributed by atoms with Crippen LogP contribution in [0.4, 0.5) is 5.13 Å². The van der Waals surface area contributed by atoms with Gasteiger partial charge in [0.25, 0.3) is 5.91 Å². The smallest absolute Gasteiger partial charge is 0.258 e. The summed E-state index contributed by atoms with van der Waals surface area (Å²) in [6.07, 6.45) is 4.02. The minimum absolute atomic E-state index is 0.0597. The van der Waals surface area contributed by atoms with Crippen LogP contribution in [-0.4, -0.2) is 35.0 Å². The normalized spacial score (nSPS) is 14.7. The zero-order valence-corrected chi connectivity index (χ0v) is 17.4. The summed E-state index contributed by atoms with van der Waals surface area (Å²) >= 11 is 2.90. The van der Waals surface area contributed by atoms with Gasteiger partial charge in [0.15, 0.2) is 16.6 Å². The Hall–Kier alpha value is -3.17. The molecule has 0 radical (unpaired) electrons. The van der Waals surface area contributed by atoms with Crippen molar-refractivity contribution >= 4 is 45.7 Å². The number of amides is 2. The Kier molecular flexibility index (Phi) is 4.97. The van der Waals surface area contributed by atoms with Gasteiger partial charge in [0, 0.05) is 29.3 Å². The van der Waals surface area contributed by atoms with E-state index in [4.69, 9.17) is 9.47 Å². The third-order valence-electron chi connectivity index (χ3n) is 4.86. The van der Waals surface area contributed by atoms with Crippen LogP contribution in [0.2, 0.25) is 0 Å². The van der Waals surface area contributed by atoms with Crippen molar-refractivity contribution < 1.29 is 19.1 Å². The summed E-state index contributed by atoms with van der Waals surface area (Å²) in [5.74, 6) is 1.18. The maximum absolute atomic E-state index is 12.7. The van der Waals surface area contributed by atoms with E-state index < -0.39 is 0 Å². The third kappa shape index (κ3) is 3.81. The predicted octanol–water partition coefficient (Wildman–Crippen LogP) is 3.78. The SMILES string of the molecule is O=C(Nc1nc2c(s1)CN(C(=O)/C=C/c1ccc3c(c1)OCO3)CC2)c1ccsc1. The number of hydrogen-bond acceptors (Lipinski definition) is 7. The van der Waals surface area contributed by atoms with Crippen LogP contribution in [0.15, 0.2) is 41.1 Å². The van der Waals surface area contributed by atoms with Gasteiger partial charge in [-0.15, -0.1) is 0 Å². The van der Waals surface area contributed by atoms with Crippen LogP contribution >= 0.6 is 22.7 Å². The molecule has 2 amide bonds. The highest BCUT2D eigenvalue weighted by Crippen LogP contribution is 2.33. The van der Waals surface area contributed by atoms with E-state index in [1.54, 1.807) is 28.5 Å². The number of hydrogen-bond donors (Lipinski definition) is 1. The number of fused-ring (bicyclic) bond motifs is 2. The molecule has 0 saturated heterocycles. The van der Waals surface area contributed by atoms with Crippen molar-refractivity contribution in [2.45, 2.75) is 13.0 Å². The van der Waals surface area contributed by atoms with Crippen LogP contribution in [0, 0.1) is 0 Å². The Morgan fingerprint density at radius 2 is 2.10 bits per heavy atom. The van der Waals surface area contributed by atoms with Crippen LogP contribution in [0.25, 0.3) is 6.08 Å². The highest BCUT2D eigenvalue weighted by molar-refractivity contribution is 7.16. The molecule has 30 heavy (non-hydrogen) atoms. The van der Waals surface area contributed by atoms with Crippen LogP contribution in [0.1, 0.15) is 26.5 Å². The number of thiophene rings is 1. The van der Waals surface area contributed by atoms with Crippen LogP contribution in [0.5, 0.6) is 11.5 Å². The van der Waals surface area contributed by atoms with E-state index in [2.05, 4.69) is 10.3 Å². The molecule has 5 rings (SSSR count). The molecular formula is C21H17N3O4S2. The molecule has 9 heteroatoms. The molecule has 0 aliphatic carbocycles. The molecule has 2 aliphatic heterocycles. The Morgan fingerprint density at radius 1 is 1.20 bits per heavy atom. The Labute approximate surface area is 180 Å². The van der Waals surface area contributed by atoms with E-state index in [9.17, 15) is 9.59 Å². The number of benzene rings is 1. The minimum Gasteiger partial charge on any atom is -0.454 e. The first-order valence-corrected chi connectivity index (χ1v) is 11.1. The monoisotopic (exact) mass is 439 g/mol. The molecule has 0 spiro atoms. The minimum atomic E-state index is -0.165. The molecule has 2 aromatic heterocycles. The van der Waals surface area contributed by atoms with E-state index >= 15 is 0 Å². The van der Waals surface area contributed by atoms with Gasteiger partial charge in [0.05, 0.1) is 17.8 Å². The highest BCUT2D eigenvalue weighted by atomic mass is 32.1. The molecule has 152 valence electrons. The first-order chi connectivity index (χ1) is 14.7. The lowest BCUT2D eigenvalue weighted by atomic mass is 10.1. The van der Waals surface area contributed by atoms with E-state index in [1.165, 1.54) is 22.7 Å². The number of anilines is 1. The quantitative estimate of drug-likeness (QED) is 0.626. The van der Waals surface area contributed by atoms with Gasteiger partial charge in [0.2, 0.25) is 12.7 Å². The van der Waals surface area contributed by atoms with Crippen molar-refractivity contribution in [1.82, 2.24) is 9.88 Å². The largest absolute Gasteiger partial charge is 0.454 e. The van der Waals surface area contributed by atoms with Crippen molar-refractivity contribution in [3.8, 4) is 11.5 Å². The van der Waals surface area contributed by atoms with Crippen LogP contribution < -0.4 is 14.8 Å². The summed E-state index contributed by atoms with van der Waals surface area (Å²) in [5.41, 5.74) is 2.45. The molecule has 7 nitrogen and oxygen atoms in total. The summed E-state index contributed by atoms with van der Waals surface area (Å²) < 4.78 is 10.7. The van der Waals surface area contributed by atoms with E-state index in [-0.39, 0.29) is 18.6 Å². The fourth-order valence-electron chi connectivity index (χ4n) is 3.29. The van der Waals surface area contributed by atoms with Gasteiger partial charge in [-0.25, -0.2) is 4.98 Å². The van der Waals surface area contributed by atoms with E-state index in [1.807, 2.05) is 23.6 Å². The lowest BCUT2D eigenvalue weighted by molar-refractivity contribution is -0.126. The zero-order valence-electron chi connectivity index (χ0n) is 15.8. The maximum Gasteiger partial charge on any atom is 0.258 e. The second-order valence-electron chi connectivity index (χ2n) is 6.81. The lowest BCUT2D eigenvalue weighted by Gasteiger charge is -2.24. The van der Waals surface area contributed by atoms with Crippen LogP contribution in [-0.2, 0) is 17.8 Å². The molecule has 0 bridgehead atoms. The topological polar surface area (TPSA) is 80.8 Å². The molecule has 2 aliphatic rings. The number of carbonyl (C=O) groups is 2. The average Bonchev–Trinajstić information content (AvgIpc) is 3.51. The van der Waals surface area contributed by atoms with Crippen molar-refractivity contribution in [2.75, 3.05) is 18.7 Å². The van der Waals surface area contributed by atoms with E-state index in [0.29, 0.717) is 41.7 Å². The van der Waals surface area contributed by atoms with Gasteiger partial charge in [-0.1, -0.05) is 17.4 Å². The number of aromatic nitrogens is 1. The van der Waals surface area contributed by atoms with Crippen molar-refractivity contribution in [3.63, 3.8) is 0 Å². The third-order valence-corrected chi connectivity index (χ3v) is 6.54. The van der Waals surface area contributed by atoms with E-state index in [0.717, 1.165) is 16.1 Å². The van der Waals surface area contributed by atoms with Gasteiger partial charge in [-0.05, 0) is 35.2 Å². The second kappa shape index (κ2) is 7.92. The number of nitrogens with zero attached hydrogens (tertiary/aromatic N) is 2. The number of rotatable bonds is 4. The zero-order chi connectivity index (χ0) is 20.5. The summed E-state index contributed by atoms with van der Waals surface area (Å²) in [7, 11) is 0. The molecule has 1 aromatic carbocycles. The lowest BCUT2D eigenvalue weighted by Crippen LogP contribution is -2.34. The van der Waals surface area contributed by atoms with Gasteiger partial charge in [0.1, 0.15) is 0 Å². The fourth-order valence-corrected chi connectivity index (χ4v) is 4.94. The molecule has 0 fully saturated rings. The Bertz CT molecular complexity index is 1140. The first-order valence-electron chi connectivity index (χ1n) is 9.34.